The van der Waals surface area contributed by atoms with E-state index < -0.39 is 0 Å². The van der Waals surface area contributed by atoms with Gasteiger partial charge in [0.1, 0.15) is 0 Å². The molecule has 2 rings (SSSR count). The molecule has 0 aromatic rings. The lowest BCUT2D eigenvalue weighted by atomic mass is 10.2. The van der Waals surface area contributed by atoms with Gasteiger partial charge in [0.2, 0.25) is 0 Å². The lowest BCUT2D eigenvalue weighted by molar-refractivity contribution is -0.419. The van der Waals surface area contributed by atoms with E-state index in [0.29, 0.717) is 10.5 Å². The first-order chi connectivity index (χ1) is 4.77. The third kappa shape index (κ3) is 0.844. The van der Waals surface area contributed by atoms with Crippen LogP contribution in [0.25, 0.3) is 0 Å². The Labute approximate surface area is 61.9 Å². The van der Waals surface area contributed by atoms with Gasteiger partial charge in [-0.2, -0.15) is 0 Å². The summed E-state index contributed by atoms with van der Waals surface area (Å²) >= 11 is 1.75. The Balaban J connectivity index is 2.23. The van der Waals surface area contributed by atoms with Gasteiger partial charge in [0.05, 0.1) is 4.92 Å². The number of nitro groups is 1. The van der Waals surface area contributed by atoms with E-state index in [2.05, 4.69) is 0 Å². The Morgan fingerprint density at radius 3 is 3.00 bits per heavy atom. The molecule has 52 valence electrons. The fourth-order valence-corrected chi connectivity index (χ4v) is 1.79. The van der Waals surface area contributed by atoms with E-state index in [0.717, 1.165) is 0 Å². The second-order valence-corrected chi connectivity index (χ2v) is 3.63. The highest BCUT2D eigenvalue weighted by Gasteiger charge is 2.38. The summed E-state index contributed by atoms with van der Waals surface area (Å²) in [4.78, 5) is 9.85. The molecule has 0 amide bonds. The minimum absolute atomic E-state index is 0.242. The zero-order valence-corrected chi connectivity index (χ0v) is 5.88. The topological polar surface area (TPSA) is 43.1 Å². The van der Waals surface area contributed by atoms with E-state index in [1.807, 2.05) is 6.08 Å². The van der Waals surface area contributed by atoms with Crippen molar-refractivity contribution in [1.82, 2.24) is 0 Å². The zero-order valence-electron chi connectivity index (χ0n) is 5.06. The molecule has 10 heavy (non-hydrogen) atoms. The molecule has 0 bridgehead atoms. The summed E-state index contributed by atoms with van der Waals surface area (Å²) in [5, 5.41) is 11.1. The minimum atomic E-state index is -0.342. The van der Waals surface area contributed by atoms with Crippen LogP contribution in [0.1, 0.15) is 0 Å². The number of nitrogens with zero attached hydrogens (tertiary/aromatic N) is 1. The highest BCUT2D eigenvalue weighted by molar-refractivity contribution is 8.08. The van der Waals surface area contributed by atoms with Gasteiger partial charge in [-0.25, -0.2) is 0 Å². The first kappa shape index (κ1) is 5.97. The van der Waals surface area contributed by atoms with Crippen molar-refractivity contribution in [1.29, 1.82) is 0 Å². The van der Waals surface area contributed by atoms with Gasteiger partial charge < -0.3 is 0 Å². The molecule has 0 spiro atoms. The second-order valence-electron chi connectivity index (χ2n) is 2.27. The molecule has 0 N–H and O–H groups in total. The second kappa shape index (κ2) is 1.85. The van der Waals surface area contributed by atoms with Crippen LogP contribution in [0.4, 0.5) is 0 Å². The van der Waals surface area contributed by atoms with E-state index in [-0.39, 0.29) is 10.6 Å². The smallest absolute Gasteiger partial charge is 0.258 e. The molecule has 1 aliphatic heterocycles. The quantitative estimate of drug-likeness (QED) is 0.324. The molecule has 2 aliphatic rings. The molecule has 2 unspecified atom stereocenters. The van der Waals surface area contributed by atoms with Crippen molar-refractivity contribution in [2.75, 3.05) is 0 Å². The Bertz CT molecular complexity index is 246. The molecule has 0 aromatic carbocycles. The molecule has 1 fully saturated rings. The van der Waals surface area contributed by atoms with E-state index in [1.54, 1.807) is 23.9 Å². The van der Waals surface area contributed by atoms with Crippen LogP contribution in [-0.4, -0.2) is 15.4 Å². The lowest BCUT2D eigenvalue weighted by Crippen LogP contribution is -2.02. The van der Waals surface area contributed by atoms with Crippen LogP contribution in [0.15, 0.2) is 23.9 Å². The summed E-state index contributed by atoms with van der Waals surface area (Å²) in [5.74, 6) is 0. The summed E-state index contributed by atoms with van der Waals surface area (Å²) in [5.41, 5.74) is 0.242. The van der Waals surface area contributed by atoms with Crippen molar-refractivity contribution in [3.63, 3.8) is 0 Å². The normalized spacial score (nSPS) is 34.6. The van der Waals surface area contributed by atoms with Crippen LogP contribution in [0.3, 0.4) is 0 Å². The third-order valence-corrected chi connectivity index (χ3v) is 2.76. The first-order valence-corrected chi connectivity index (χ1v) is 3.91. The molecular formula is C6H5NO2S. The summed E-state index contributed by atoms with van der Waals surface area (Å²) in [6, 6.07) is 0. The number of hydrogen-bond acceptors (Lipinski definition) is 3. The maximum absolute atomic E-state index is 10.2. The van der Waals surface area contributed by atoms with Crippen LogP contribution < -0.4 is 0 Å². The first-order valence-electron chi connectivity index (χ1n) is 2.97. The predicted octanol–water partition coefficient (Wildman–Crippen LogP) is 1.20. The molecule has 1 heterocycles. The van der Waals surface area contributed by atoms with Gasteiger partial charge in [-0.05, 0) is 0 Å². The fourth-order valence-electron chi connectivity index (χ4n) is 0.964. The van der Waals surface area contributed by atoms with Crippen LogP contribution in [0.5, 0.6) is 0 Å². The molecule has 3 nitrogen and oxygen atoms in total. The number of allylic oxidation sites excluding steroid dienone is 1. The van der Waals surface area contributed by atoms with Gasteiger partial charge in [0.15, 0.2) is 0 Å². The summed E-state index contributed by atoms with van der Waals surface area (Å²) in [6.45, 7) is 0. The van der Waals surface area contributed by atoms with Crippen LogP contribution >= 0.6 is 11.8 Å². The molecule has 1 saturated heterocycles. The fraction of sp³-hybridized carbons (Fsp3) is 0.333. The van der Waals surface area contributed by atoms with E-state index >= 15 is 0 Å². The Morgan fingerprint density at radius 2 is 2.40 bits per heavy atom. The van der Waals surface area contributed by atoms with E-state index in [4.69, 9.17) is 0 Å². The van der Waals surface area contributed by atoms with Gasteiger partial charge in [0, 0.05) is 22.7 Å². The summed E-state index contributed by atoms with van der Waals surface area (Å²) in [7, 11) is 0. The van der Waals surface area contributed by atoms with Crippen LogP contribution in [0.2, 0.25) is 0 Å². The van der Waals surface area contributed by atoms with Gasteiger partial charge in [-0.1, -0.05) is 6.08 Å². The standard InChI is InChI=1S/C6H5NO2S/c8-7(9)4-1-2-5-6(3-4)10-5/h1-3,5-6H. The molecule has 0 saturated carbocycles. The highest BCUT2D eigenvalue weighted by Crippen LogP contribution is 2.46. The van der Waals surface area contributed by atoms with Gasteiger partial charge in [0.25, 0.3) is 5.70 Å². The summed E-state index contributed by atoms with van der Waals surface area (Å²) in [6.07, 6.45) is 5.20. The van der Waals surface area contributed by atoms with E-state index in [9.17, 15) is 10.1 Å². The monoisotopic (exact) mass is 155 g/mol. The number of hydrogen-bond donors (Lipinski definition) is 0. The van der Waals surface area contributed by atoms with Gasteiger partial charge in [-0.3, -0.25) is 10.1 Å². The maximum atomic E-state index is 10.2. The minimum Gasteiger partial charge on any atom is -0.258 e. The van der Waals surface area contributed by atoms with Crippen molar-refractivity contribution < 1.29 is 4.92 Å². The maximum Gasteiger partial charge on any atom is 0.266 e. The van der Waals surface area contributed by atoms with Gasteiger partial charge >= 0.3 is 0 Å². The lowest BCUT2D eigenvalue weighted by Gasteiger charge is -1.93. The average Bonchev–Trinajstić information content (AvgIpc) is 2.63. The van der Waals surface area contributed by atoms with Gasteiger partial charge in [-0.15, -0.1) is 11.8 Å². The zero-order chi connectivity index (χ0) is 7.14. The predicted molar refractivity (Wildman–Crippen MR) is 39.4 cm³/mol. The number of rotatable bonds is 1. The highest BCUT2D eigenvalue weighted by atomic mass is 32.2. The molecule has 0 radical (unpaired) electrons. The number of fused-ring (bicyclic) bond motifs is 1. The average molecular weight is 155 g/mol. The van der Waals surface area contributed by atoms with Crippen molar-refractivity contribution in [2.45, 2.75) is 10.5 Å². The molecule has 4 heteroatoms. The van der Waals surface area contributed by atoms with Crippen LogP contribution in [0, 0.1) is 10.1 Å². The molecule has 1 aliphatic carbocycles. The Hall–Kier alpha value is -0.770. The third-order valence-electron chi connectivity index (χ3n) is 1.56. The van der Waals surface area contributed by atoms with Crippen LogP contribution in [-0.2, 0) is 0 Å². The van der Waals surface area contributed by atoms with E-state index in [1.165, 1.54) is 0 Å². The SMILES string of the molecule is O=[N+]([O-])C1=CC2SC2C=C1. The molecule has 2 atom stereocenters. The van der Waals surface area contributed by atoms with Crippen molar-refractivity contribution in [3.8, 4) is 0 Å². The Kier molecular flexibility index (Phi) is 1.11. The van der Waals surface area contributed by atoms with Crippen molar-refractivity contribution in [2.24, 2.45) is 0 Å². The summed E-state index contributed by atoms with van der Waals surface area (Å²) < 4.78 is 0. The molecular weight excluding hydrogens is 150 g/mol. The van der Waals surface area contributed by atoms with Crippen molar-refractivity contribution >= 4 is 11.8 Å². The Morgan fingerprint density at radius 1 is 1.60 bits per heavy atom. The van der Waals surface area contributed by atoms with Crippen molar-refractivity contribution in [3.05, 3.63) is 34.0 Å². The largest absolute Gasteiger partial charge is 0.266 e. The molecule has 0 aromatic heterocycles. The number of thioether (sulfide) groups is 1.